The van der Waals surface area contributed by atoms with Gasteiger partial charge in [0.15, 0.2) is 0 Å². The number of hydrogen-bond donors (Lipinski definition) is 3. The van der Waals surface area contributed by atoms with Crippen molar-refractivity contribution in [3.05, 3.63) is 29.8 Å². The molecule has 1 aromatic carbocycles. The summed E-state index contributed by atoms with van der Waals surface area (Å²) in [5, 5.41) is 2.99. The number of carbonyl (C=O) groups excluding carboxylic acids is 1. The van der Waals surface area contributed by atoms with Crippen molar-refractivity contribution in [2.75, 3.05) is 13.1 Å². The number of amides is 1. The smallest absolute Gasteiger partial charge is 0.263 e. The second-order valence-corrected chi connectivity index (χ2v) is 8.92. The summed E-state index contributed by atoms with van der Waals surface area (Å²) in [6, 6.07) is 6.86. The molecular weight excluding hydrogens is 364 g/mol. The Kier molecular flexibility index (Phi) is 7.79. The molecule has 1 atom stereocenters. The van der Waals surface area contributed by atoms with E-state index in [9.17, 15) is 13.2 Å². The average Bonchev–Trinajstić information content (AvgIpc) is 2.88. The van der Waals surface area contributed by atoms with E-state index in [0.29, 0.717) is 36.8 Å². The zero-order chi connectivity index (χ0) is 19.9. The number of nitrogens with two attached hydrogens (primary N) is 1. The van der Waals surface area contributed by atoms with Crippen molar-refractivity contribution in [2.45, 2.75) is 56.9 Å². The molecule has 1 amide bonds. The zero-order valence-corrected chi connectivity index (χ0v) is 16.9. The molecule has 4 N–H and O–H groups in total. The van der Waals surface area contributed by atoms with E-state index in [2.05, 4.69) is 28.9 Å². The summed E-state index contributed by atoms with van der Waals surface area (Å²) in [6.45, 7) is 5.20. The molecule has 1 unspecified atom stereocenters. The van der Waals surface area contributed by atoms with Crippen molar-refractivity contribution >= 4 is 21.8 Å². The number of hydrogen-bond acceptors (Lipinski definition) is 5. The summed E-state index contributed by atoms with van der Waals surface area (Å²) in [6.07, 6.45) is 3.79. The van der Waals surface area contributed by atoms with Crippen molar-refractivity contribution in [1.82, 2.24) is 10.0 Å². The van der Waals surface area contributed by atoms with Gasteiger partial charge < -0.3 is 11.1 Å². The van der Waals surface area contributed by atoms with Crippen molar-refractivity contribution in [1.29, 1.82) is 0 Å². The molecule has 150 valence electrons. The van der Waals surface area contributed by atoms with E-state index in [0.717, 1.165) is 25.7 Å². The standard InChI is InChI=1S/C19H30N4O3S/c1-14(2)12-15(13-20)22-18(24)10-4-3-7-11-21-19-16-8-5-6-9-17(16)27(25,26)23-19/h5-6,8-9,14-15H,3-4,7,10-13,20H2,1-2H3,(H,21,23)(H,22,24). The number of nitrogens with zero attached hydrogens (tertiary/aromatic N) is 1. The molecule has 1 aromatic rings. The fraction of sp³-hybridized carbons (Fsp3) is 0.579. The molecule has 0 fully saturated rings. The van der Waals surface area contributed by atoms with Gasteiger partial charge in [-0.2, -0.15) is 0 Å². The lowest BCUT2D eigenvalue weighted by atomic mass is 10.0. The largest absolute Gasteiger partial charge is 0.352 e. The third-order valence-electron chi connectivity index (χ3n) is 4.40. The number of rotatable bonds is 10. The van der Waals surface area contributed by atoms with Gasteiger partial charge in [-0.1, -0.05) is 32.4 Å². The number of benzene rings is 1. The van der Waals surface area contributed by atoms with Crippen LogP contribution in [0.1, 0.15) is 51.5 Å². The van der Waals surface area contributed by atoms with Crippen LogP contribution in [0.3, 0.4) is 0 Å². The third kappa shape index (κ3) is 6.32. The first-order valence-corrected chi connectivity index (χ1v) is 11.0. The Morgan fingerprint density at radius 1 is 1.22 bits per heavy atom. The van der Waals surface area contributed by atoms with E-state index >= 15 is 0 Å². The highest BCUT2D eigenvalue weighted by molar-refractivity contribution is 7.90. The van der Waals surface area contributed by atoms with Crippen LogP contribution in [-0.2, 0) is 14.8 Å². The quantitative estimate of drug-likeness (QED) is 0.525. The molecule has 0 spiro atoms. The zero-order valence-electron chi connectivity index (χ0n) is 16.1. The summed E-state index contributed by atoms with van der Waals surface area (Å²) in [5.74, 6) is 0.939. The molecule has 27 heavy (non-hydrogen) atoms. The first-order valence-electron chi connectivity index (χ1n) is 9.49. The minimum atomic E-state index is -3.48. The van der Waals surface area contributed by atoms with Crippen LogP contribution >= 0.6 is 0 Å². The number of unbranched alkanes of at least 4 members (excludes halogenated alkanes) is 2. The first-order chi connectivity index (χ1) is 12.8. The Hall–Kier alpha value is -1.93. The molecule has 0 saturated carbocycles. The monoisotopic (exact) mass is 394 g/mol. The van der Waals surface area contributed by atoms with Gasteiger partial charge >= 0.3 is 0 Å². The van der Waals surface area contributed by atoms with Crippen molar-refractivity contribution in [3.8, 4) is 0 Å². The summed E-state index contributed by atoms with van der Waals surface area (Å²) in [5.41, 5.74) is 6.32. The summed E-state index contributed by atoms with van der Waals surface area (Å²) >= 11 is 0. The Labute approximate surface area is 161 Å². The van der Waals surface area contributed by atoms with E-state index in [-0.39, 0.29) is 16.8 Å². The van der Waals surface area contributed by atoms with Crippen LogP contribution in [0.4, 0.5) is 0 Å². The average molecular weight is 395 g/mol. The minimum absolute atomic E-state index is 0.0369. The van der Waals surface area contributed by atoms with Gasteiger partial charge in [0, 0.05) is 31.1 Å². The van der Waals surface area contributed by atoms with Crippen molar-refractivity contribution < 1.29 is 13.2 Å². The predicted molar refractivity (Wildman–Crippen MR) is 107 cm³/mol. The van der Waals surface area contributed by atoms with E-state index in [1.165, 1.54) is 0 Å². The molecule has 0 saturated heterocycles. The highest BCUT2D eigenvalue weighted by atomic mass is 32.2. The van der Waals surface area contributed by atoms with Crippen LogP contribution < -0.4 is 15.8 Å². The second-order valence-electron chi connectivity index (χ2n) is 7.27. The fourth-order valence-electron chi connectivity index (χ4n) is 3.10. The first kappa shape index (κ1) is 21.4. The fourth-order valence-corrected chi connectivity index (χ4v) is 4.35. The Morgan fingerprint density at radius 2 is 1.96 bits per heavy atom. The van der Waals surface area contributed by atoms with E-state index in [1.807, 2.05) is 0 Å². The van der Waals surface area contributed by atoms with Gasteiger partial charge in [-0.05, 0) is 37.3 Å². The Morgan fingerprint density at radius 3 is 2.67 bits per heavy atom. The van der Waals surface area contributed by atoms with Crippen LogP contribution in [0, 0.1) is 5.92 Å². The molecule has 7 nitrogen and oxygen atoms in total. The maximum absolute atomic E-state index is 12.0. The van der Waals surface area contributed by atoms with Crippen LogP contribution in [0.15, 0.2) is 34.2 Å². The van der Waals surface area contributed by atoms with Gasteiger partial charge in [-0.3, -0.25) is 14.5 Å². The summed E-state index contributed by atoms with van der Waals surface area (Å²) in [4.78, 5) is 16.6. The summed E-state index contributed by atoms with van der Waals surface area (Å²) in [7, 11) is -3.48. The maximum Gasteiger partial charge on any atom is 0.263 e. The summed E-state index contributed by atoms with van der Waals surface area (Å²) < 4.78 is 26.5. The molecule has 2 rings (SSSR count). The lowest BCUT2D eigenvalue weighted by molar-refractivity contribution is -0.121. The molecule has 0 aromatic heterocycles. The van der Waals surface area contributed by atoms with E-state index in [4.69, 9.17) is 5.73 Å². The van der Waals surface area contributed by atoms with Gasteiger partial charge in [0.1, 0.15) is 5.84 Å². The van der Waals surface area contributed by atoms with Gasteiger partial charge in [0.05, 0.1) is 4.90 Å². The number of fused-ring (bicyclic) bond motifs is 1. The van der Waals surface area contributed by atoms with Gasteiger partial charge in [-0.25, -0.2) is 8.42 Å². The lowest BCUT2D eigenvalue weighted by Gasteiger charge is -2.18. The van der Waals surface area contributed by atoms with Gasteiger partial charge in [0.2, 0.25) is 5.91 Å². The Balaban J connectivity index is 1.71. The topological polar surface area (TPSA) is 114 Å². The van der Waals surface area contributed by atoms with E-state index in [1.54, 1.807) is 24.3 Å². The normalized spacial score (nSPS) is 17.6. The SMILES string of the molecule is CC(C)CC(CN)NC(=O)CCCCCN=C1NS(=O)(=O)c2ccccc21. The van der Waals surface area contributed by atoms with Crippen LogP contribution in [0.2, 0.25) is 0 Å². The number of nitrogens with one attached hydrogen (secondary N) is 2. The Bertz CT molecular complexity index is 775. The van der Waals surface area contributed by atoms with E-state index < -0.39 is 10.0 Å². The van der Waals surface area contributed by atoms with Gasteiger partial charge in [-0.15, -0.1) is 0 Å². The number of sulfonamides is 1. The van der Waals surface area contributed by atoms with Gasteiger partial charge in [0.25, 0.3) is 10.0 Å². The molecule has 1 aliphatic heterocycles. The minimum Gasteiger partial charge on any atom is -0.352 e. The molecule has 0 radical (unpaired) electrons. The predicted octanol–water partition coefficient (Wildman–Crippen LogP) is 1.78. The van der Waals surface area contributed by atoms with Crippen LogP contribution in [0.25, 0.3) is 0 Å². The van der Waals surface area contributed by atoms with Crippen LogP contribution in [-0.4, -0.2) is 39.3 Å². The molecule has 0 bridgehead atoms. The second kappa shape index (κ2) is 9.85. The van der Waals surface area contributed by atoms with Crippen LogP contribution in [0.5, 0.6) is 0 Å². The lowest BCUT2D eigenvalue weighted by Crippen LogP contribution is -2.40. The third-order valence-corrected chi connectivity index (χ3v) is 5.80. The number of amidine groups is 1. The molecule has 8 heteroatoms. The molecule has 1 aliphatic rings. The molecule has 1 heterocycles. The highest BCUT2D eigenvalue weighted by Gasteiger charge is 2.29. The van der Waals surface area contributed by atoms with Crippen molar-refractivity contribution in [2.24, 2.45) is 16.6 Å². The highest BCUT2D eigenvalue weighted by Crippen LogP contribution is 2.22. The van der Waals surface area contributed by atoms with Crippen molar-refractivity contribution in [3.63, 3.8) is 0 Å². The number of aliphatic imine (C=N–C) groups is 1. The number of carbonyl (C=O) groups is 1. The maximum atomic E-state index is 12.0. The molecule has 0 aliphatic carbocycles. The molecular formula is C19H30N4O3S.